The molecule has 0 saturated heterocycles. The van der Waals surface area contributed by atoms with Crippen molar-refractivity contribution in [3.8, 4) is 11.1 Å². The number of nitrogens with zero attached hydrogens (tertiary/aromatic N) is 1. The van der Waals surface area contributed by atoms with Crippen molar-refractivity contribution in [2.75, 3.05) is 11.9 Å². The third kappa shape index (κ3) is 1.70. The summed E-state index contributed by atoms with van der Waals surface area (Å²) in [5.74, 6) is 0. The Hall–Kier alpha value is -2.10. The Morgan fingerprint density at radius 3 is 3.11 bits per heavy atom. The molecule has 2 N–H and O–H groups in total. The third-order valence-corrected chi connectivity index (χ3v) is 3.33. The van der Waals surface area contributed by atoms with Gasteiger partial charge in [0.15, 0.2) is 0 Å². The Kier molecular flexibility index (Phi) is 2.63. The van der Waals surface area contributed by atoms with E-state index in [2.05, 4.69) is 15.3 Å². The summed E-state index contributed by atoms with van der Waals surface area (Å²) in [4.78, 5) is 19.0. The SMILES string of the molecule is CCNc1cc2c([nH]c1=O)CCc1cnccc1-2. The normalized spacial score (nSPS) is 12.7. The summed E-state index contributed by atoms with van der Waals surface area (Å²) in [6, 6.07) is 3.97. The van der Waals surface area contributed by atoms with Gasteiger partial charge >= 0.3 is 0 Å². The van der Waals surface area contributed by atoms with Crippen molar-refractivity contribution in [3.05, 3.63) is 46.1 Å². The smallest absolute Gasteiger partial charge is 0.271 e. The number of H-pyrrole nitrogens is 1. The van der Waals surface area contributed by atoms with Crippen LogP contribution in [0, 0.1) is 0 Å². The summed E-state index contributed by atoms with van der Waals surface area (Å²) < 4.78 is 0. The number of aromatic nitrogens is 2. The maximum absolute atomic E-state index is 11.9. The molecule has 0 aromatic carbocycles. The molecular weight excluding hydrogens is 226 g/mol. The van der Waals surface area contributed by atoms with E-state index in [0.29, 0.717) is 5.69 Å². The lowest BCUT2D eigenvalue weighted by molar-refractivity contribution is 0.880. The first-order chi connectivity index (χ1) is 8.79. The lowest BCUT2D eigenvalue weighted by Gasteiger charge is -2.19. The van der Waals surface area contributed by atoms with Crippen LogP contribution < -0.4 is 10.9 Å². The number of anilines is 1. The van der Waals surface area contributed by atoms with Crippen molar-refractivity contribution < 1.29 is 0 Å². The molecule has 2 aromatic rings. The number of rotatable bonds is 2. The summed E-state index contributed by atoms with van der Waals surface area (Å²) in [5, 5.41) is 3.10. The summed E-state index contributed by atoms with van der Waals surface area (Å²) >= 11 is 0. The molecule has 1 aliphatic carbocycles. The van der Waals surface area contributed by atoms with Crippen molar-refractivity contribution >= 4 is 5.69 Å². The predicted molar refractivity (Wildman–Crippen MR) is 71.9 cm³/mol. The molecule has 0 bridgehead atoms. The van der Waals surface area contributed by atoms with E-state index in [0.717, 1.165) is 30.6 Å². The molecule has 0 radical (unpaired) electrons. The van der Waals surface area contributed by atoms with Gasteiger partial charge in [0.05, 0.1) is 0 Å². The molecule has 2 heterocycles. The number of aryl methyl sites for hydroxylation is 2. The first-order valence-corrected chi connectivity index (χ1v) is 6.23. The molecule has 0 spiro atoms. The molecule has 3 rings (SSSR count). The van der Waals surface area contributed by atoms with Crippen molar-refractivity contribution in [2.24, 2.45) is 0 Å². The zero-order valence-corrected chi connectivity index (χ0v) is 10.3. The lowest BCUT2D eigenvalue weighted by atomic mass is 9.90. The fourth-order valence-corrected chi connectivity index (χ4v) is 2.48. The summed E-state index contributed by atoms with van der Waals surface area (Å²) in [6.07, 6.45) is 5.52. The van der Waals surface area contributed by atoms with Gasteiger partial charge in [0.25, 0.3) is 5.56 Å². The summed E-state index contributed by atoms with van der Waals surface area (Å²) in [7, 11) is 0. The Morgan fingerprint density at radius 1 is 1.39 bits per heavy atom. The highest BCUT2D eigenvalue weighted by Crippen LogP contribution is 2.32. The molecule has 0 unspecified atom stereocenters. The van der Waals surface area contributed by atoms with Gasteiger partial charge < -0.3 is 10.3 Å². The average molecular weight is 241 g/mol. The molecule has 4 nitrogen and oxygen atoms in total. The van der Waals surface area contributed by atoms with Crippen LogP contribution in [0.3, 0.4) is 0 Å². The minimum absolute atomic E-state index is 0.0342. The maximum Gasteiger partial charge on any atom is 0.271 e. The zero-order chi connectivity index (χ0) is 12.5. The van der Waals surface area contributed by atoms with Crippen LogP contribution in [-0.2, 0) is 12.8 Å². The van der Waals surface area contributed by atoms with Crippen LogP contribution in [0.5, 0.6) is 0 Å². The zero-order valence-electron chi connectivity index (χ0n) is 10.3. The molecule has 0 saturated carbocycles. The van der Waals surface area contributed by atoms with Gasteiger partial charge in [-0.15, -0.1) is 0 Å². The predicted octanol–water partition coefficient (Wildman–Crippen LogP) is 1.97. The molecular formula is C14H15N3O. The van der Waals surface area contributed by atoms with E-state index in [1.54, 1.807) is 6.20 Å². The second kappa shape index (κ2) is 4.29. The van der Waals surface area contributed by atoms with Crippen LogP contribution >= 0.6 is 0 Å². The minimum atomic E-state index is -0.0342. The molecule has 18 heavy (non-hydrogen) atoms. The first kappa shape index (κ1) is 11.0. The van der Waals surface area contributed by atoms with Crippen molar-refractivity contribution in [1.82, 2.24) is 9.97 Å². The highest BCUT2D eigenvalue weighted by molar-refractivity contribution is 5.74. The van der Waals surface area contributed by atoms with Crippen LogP contribution in [-0.4, -0.2) is 16.5 Å². The van der Waals surface area contributed by atoms with E-state index in [4.69, 9.17) is 0 Å². The lowest BCUT2D eigenvalue weighted by Crippen LogP contribution is -2.18. The van der Waals surface area contributed by atoms with Gasteiger partial charge in [-0.25, -0.2) is 0 Å². The highest BCUT2D eigenvalue weighted by atomic mass is 16.1. The number of aromatic amines is 1. The highest BCUT2D eigenvalue weighted by Gasteiger charge is 2.18. The van der Waals surface area contributed by atoms with Crippen LogP contribution in [0.2, 0.25) is 0 Å². The van der Waals surface area contributed by atoms with E-state index in [1.807, 2.05) is 25.3 Å². The van der Waals surface area contributed by atoms with Gasteiger partial charge in [0.1, 0.15) is 5.69 Å². The molecule has 2 aromatic heterocycles. The third-order valence-electron chi connectivity index (χ3n) is 3.33. The molecule has 0 atom stereocenters. The van der Waals surface area contributed by atoms with Gasteiger partial charge in [-0.05, 0) is 43.0 Å². The fraction of sp³-hybridized carbons (Fsp3) is 0.286. The van der Waals surface area contributed by atoms with E-state index in [1.165, 1.54) is 11.1 Å². The maximum atomic E-state index is 11.9. The van der Waals surface area contributed by atoms with Crippen LogP contribution in [0.25, 0.3) is 11.1 Å². The second-order valence-electron chi connectivity index (χ2n) is 4.47. The standard InChI is InChI=1S/C14H15N3O/c1-2-16-13-7-11-10-5-6-15-8-9(10)3-4-12(11)17-14(13)18/h5-8,16H,2-4H2,1H3,(H,17,18). The van der Waals surface area contributed by atoms with E-state index < -0.39 is 0 Å². The molecule has 92 valence electrons. The largest absolute Gasteiger partial charge is 0.381 e. The van der Waals surface area contributed by atoms with Gasteiger partial charge in [0.2, 0.25) is 0 Å². The molecule has 0 amide bonds. The van der Waals surface area contributed by atoms with Crippen LogP contribution in [0.1, 0.15) is 18.2 Å². The number of hydrogen-bond acceptors (Lipinski definition) is 3. The molecule has 4 heteroatoms. The molecule has 0 fully saturated rings. The van der Waals surface area contributed by atoms with E-state index >= 15 is 0 Å². The van der Waals surface area contributed by atoms with Crippen molar-refractivity contribution in [3.63, 3.8) is 0 Å². The Morgan fingerprint density at radius 2 is 2.28 bits per heavy atom. The Labute approximate surface area is 105 Å². The fourth-order valence-electron chi connectivity index (χ4n) is 2.48. The minimum Gasteiger partial charge on any atom is -0.381 e. The average Bonchev–Trinajstić information content (AvgIpc) is 2.40. The van der Waals surface area contributed by atoms with Crippen LogP contribution in [0.4, 0.5) is 5.69 Å². The Bertz CT molecular complexity index is 646. The van der Waals surface area contributed by atoms with E-state index in [9.17, 15) is 4.79 Å². The van der Waals surface area contributed by atoms with Gasteiger partial charge in [-0.2, -0.15) is 0 Å². The monoisotopic (exact) mass is 241 g/mol. The Balaban J connectivity index is 2.20. The molecule has 0 aliphatic heterocycles. The molecule has 1 aliphatic rings. The first-order valence-electron chi connectivity index (χ1n) is 6.23. The van der Waals surface area contributed by atoms with Gasteiger partial charge in [0, 0.05) is 30.2 Å². The number of hydrogen-bond donors (Lipinski definition) is 2. The van der Waals surface area contributed by atoms with Gasteiger partial charge in [-0.3, -0.25) is 9.78 Å². The quantitative estimate of drug-likeness (QED) is 0.845. The number of pyridine rings is 2. The summed E-state index contributed by atoms with van der Waals surface area (Å²) in [5.41, 5.74) is 5.18. The van der Waals surface area contributed by atoms with Gasteiger partial charge in [-0.1, -0.05) is 0 Å². The van der Waals surface area contributed by atoms with Crippen molar-refractivity contribution in [1.29, 1.82) is 0 Å². The number of fused-ring (bicyclic) bond motifs is 3. The topological polar surface area (TPSA) is 57.8 Å². The van der Waals surface area contributed by atoms with E-state index in [-0.39, 0.29) is 5.56 Å². The second-order valence-corrected chi connectivity index (χ2v) is 4.47. The van der Waals surface area contributed by atoms with Crippen LogP contribution in [0.15, 0.2) is 29.3 Å². The number of nitrogens with one attached hydrogen (secondary N) is 2. The summed E-state index contributed by atoms with van der Waals surface area (Å²) in [6.45, 7) is 2.72. The van der Waals surface area contributed by atoms with Crippen molar-refractivity contribution in [2.45, 2.75) is 19.8 Å².